The van der Waals surface area contributed by atoms with Crippen molar-refractivity contribution >= 4 is 29.2 Å². The Labute approximate surface area is 106 Å². The molecule has 0 fully saturated rings. The van der Waals surface area contributed by atoms with Gasteiger partial charge < -0.3 is 10.6 Å². The molecule has 1 atom stereocenters. The summed E-state index contributed by atoms with van der Waals surface area (Å²) >= 11 is 8.07. The van der Waals surface area contributed by atoms with Crippen molar-refractivity contribution in [2.24, 2.45) is 5.73 Å². The molecule has 0 bridgehead atoms. The van der Waals surface area contributed by atoms with E-state index in [4.69, 9.17) is 17.3 Å². The van der Waals surface area contributed by atoms with Gasteiger partial charge in [-0.25, -0.2) is 4.98 Å². The normalized spacial score (nSPS) is 12.6. The molecular formula is C11H18ClN3S. The summed E-state index contributed by atoms with van der Waals surface area (Å²) in [6.07, 6.45) is 3.85. The molecule has 1 unspecified atom stereocenters. The van der Waals surface area contributed by atoms with Crippen LogP contribution in [0, 0.1) is 0 Å². The van der Waals surface area contributed by atoms with E-state index in [1.54, 1.807) is 6.20 Å². The summed E-state index contributed by atoms with van der Waals surface area (Å²) in [6, 6.07) is 2.26. The van der Waals surface area contributed by atoms with Crippen molar-refractivity contribution < 1.29 is 0 Å². The molecule has 0 spiro atoms. The van der Waals surface area contributed by atoms with Gasteiger partial charge in [0.05, 0.1) is 5.02 Å². The SMILES string of the molecule is CSCC(C)N(C)c1nccc(CN)c1Cl. The second-order valence-electron chi connectivity index (χ2n) is 3.73. The van der Waals surface area contributed by atoms with Gasteiger partial charge in [0, 0.05) is 31.6 Å². The lowest BCUT2D eigenvalue weighted by Crippen LogP contribution is -2.32. The Morgan fingerprint density at radius 1 is 1.62 bits per heavy atom. The topological polar surface area (TPSA) is 42.2 Å². The molecule has 1 aromatic heterocycles. The van der Waals surface area contributed by atoms with Crippen LogP contribution in [0.1, 0.15) is 12.5 Å². The third-order valence-electron chi connectivity index (χ3n) is 2.57. The van der Waals surface area contributed by atoms with E-state index >= 15 is 0 Å². The summed E-state index contributed by atoms with van der Waals surface area (Å²) in [4.78, 5) is 6.41. The molecule has 3 nitrogen and oxygen atoms in total. The van der Waals surface area contributed by atoms with Gasteiger partial charge in [-0.3, -0.25) is 0 Å². The quantitative estimate of drug-likeness (QED) is 0.882. The first-order valence-electron chi connectivity index (χ1n) is 5.17. The predicted molar refractivity (Wildman–Crippen MR) is 73.4 cm³/mol. The lowest BCUT2D eigenvalue weighted by Gasteiger charge is -2.26. The molecule has 0 amide bonds. The van der Waals surface area contributed by atoms with Gasteiger partial charge in [-0.05, 0) is 24.8 Å². The molecule has 2 N–H and O–H groups in total. The third kappa shape index (κ3) is 3.03. The second-order valence-corrected chi connectivity index (χ2v) is 5.02. The van der Waals surface area contributed by atoms with E-state index in [1.165, 1.54) is 0 Å². The Morgan fingerprint density at radius 3 is 2.88 bits per heavy atom. The standard InChI is InChI=1S/C11H18ClN3S/c1-8(7-16-3)15(2)11-10(12)9(6-13)4-5-14-11/h4-5,8H,6-7,13H2,1-3H3. The van der Waals surface area contributed by atoms with Gasteiger partial charge >= 0.3 is 0 Å². The highest BCUT2D eigenvalue weighted by Gasteiger charge is 2.15. The zero-order valence-corrected chi connectivity index (χ0v) is 11.5. The van der Waals surface area contributed by atoms with Gasteiger partial charge in [-0.2, -0.15) is 11.8 Å². The van der Waals surface area contributed by atoms with Crippen LogP contribution >= 0.6 is 23.4 Å². The second kappa shape index (κ2) is 6.33. The molecule has 0 aromatic carbocycles. The number of aromatic nitrogens is 1. The summed E-state index contributed by atoms with van der Waals surface area (Å²) in [7, 11) is 2.01. The number of halogens is 1. The Hall–Kier alpha value is -0.450. The molecule has 0 aliphatic carbocycles. The summed E-state index contributed by atoms with van der Waals surface area (Å²) in [5, 5.41) is 0.667. The number of nitrogens with zero attached hydrogens (tertiary/aromatic N) is 2. The molecule has 90 valence electrons. The van der Waals surface area contributed by atoms with Crippen LogP contribution in [-0.2, 0) is 6.54 Å². The van der Waals surface area contributed by atoms with Crippen molar-refractivity contribution in [2.75, 3.05) is 24.0 Å². The number of rotatable bonds is 5. The summed E-state index contributed by atoms with van der Waals surface area (Å²) in [5.41, 5.74) is 6.56. The van der Waals surface area contributed by atoms with Crippen LogP contribution < -0.4 is 10.6 Å². The molecule has 1 heterocycles. The zero-order valence-electron chi connectivity index (χ0n) is 9.90. The molecule has 1 rings (SSSR count). The van der Waals surface area contributed by atoms with E-state index < -0.39 is 0 Å². The average Bonchev–Trinajstić information content (AvgIpc) is 2.29. The fourth-order valence-corrected chi connectivity index (χ4v) is 2.46. The molecule has 0 aliphatic rings. The molecule has 5 heteroatoms. The number of pyridine rings is 1. The molecule has 16 heavy (non-hydrogen) atoms. The number of anilines is 1. The fourth-order valence-electron chi connectivity index (χ4n) is 1.44. The molecular weight excluding hydrogens is 242 g/mol. The first kappa shape index (κ1) is 13.6. The van der Waals surface area contributed by atoms with E-state index in [9.17, 15) is 0 Å². The first-order chi connectivity index (χ1) is 7.61. The highest BCUT2D eigenvalue weighted by atomic mass is 35.5. The maximum absolute atomic E-state index is 6.26. The van der Waals surface area contributed by atoms with Gasteiger partial charge in [0.2, 0.25) is 0 Å². The van der Waals surface area contributed by atoms with Crippen LogP contribution in [0.4, 0.5) is 5.82 Å². The van der Waals surface area contributed by atoms with Crippen LogP contribution in [0.25, 0.3) is 0 Å². The van der Waals surface area contributed by atoms with Gasteiger partial charge in [0.1, 0.15) is 5.82 Å². The van der Waals surface area contributed by atoms with Crippen LogP contribution in [0.2, 0.25) is 5.02 Å². The van der Waals surface area contributed by atoms with E-state index in [0.717, 1.165) is 17.1 Å². The summed E-state index contributed by atoms with van der Waals surface area (Å²) < 4.78 is 0. The Morgan fingerprint density at radius 2 is 2.31 bits per heavy atom. The van der Waals surface area contributed by atoms with Crippen molar-refractivity contribution in [1.82, 2.24) is 4.98 Å². The van der Waals surface area contributed by atoms with Gasteiger partial charge in [-0.15, -0.1) is 0 Å². The van der Waals surface area contributed by atoms with E-state index in [1.807, 2.05) is 24.9 Å². The lowest BCUT2D eigenvalue weighted by atomic mass is 10.2. The monoisotopic (exact) mass is 259 g/mol. The van der Waals surface area contributed by atoms with Crippen molar-refractivity contribution in [1.29, 1.82) is 0 Å². The Balaban J connectivity index is 2.94. The zero-order chi connectivity index (χ0) is 12.1. The minimum absolute atomic E-state index is 0.396. The van der Waals surface area contributed by atoms with Crippen molar-refractivity contribution in [3.63, 3.8) is 0 Å². The van der Waals surface area contributed by atoms with Crippen molar-refractivity contribution in [3.8, 4) is 0 Å². The lowest BCUT2D eigenvalue weighted by molar-refractivity contribution is 0.752. The van der Waals surface area contributed by atoms with Gasteiger partial charge in [-0.1, -0.05) is 11.6 Å². The predicted octanol–water partition coefficient (Wildman–Crippen LogP) is 2.38. The fraction of sp³-hybridized carbons (Fsp3) is 0.545. The minimum Gasteiger partial charge on any atom is -0.355 e. The highest BCUT2D eigenvalue weighted by molar-refractivity contribution is 7.98. The number of hydrogen-bond donors (Lipinski definition) is 1. The highest BCUT2D eigenvalue weighted by Crippen LogP contribution is 2.27. The Kier molecular flexibility index (Phi) is 5.38. The van der Waals surface area contributed by atoms with E-state index in [-0.39, 0.29) is 0 Å². The maximum Gasteiger partial charge on any atom is 0.147 e. The van der Waals surface area contributed by atoms with Gasteiger partial charge in [0.15, 0.2) is 0 Å². The third-order valence-corrected chi connectivity index (χ3v) is 3.80. The number of hydrogen-bond acceptors (Lipinski definition) is 4. The van der Waals surface area contributed by atoms with Crippen LogP contribution in [0.3, 0.4) is 0 Å². The molecule has 0 aliphatic heterocycles. The summed E-state index contributed by atoms with van der Waals surface area (Å²) in [6.45, 7) is 2.60. The maximum atomic E-state index is 6.26. The van der Waals surface area contributed by atoms with E-state index in [2.05, 4.69) is 23.1 Å². The molecule has 1 aromatic rings. The summed E-state index contributed by atoms with van der Waals surface area (Å²) in [5.74, 6) is 1.85. The van der Waals surface area contributed by atoms with Crippen molar-refractivity contribution in [2.45, 2.75) is 19.5 Å². The van der Waals surface area contributed by atoms with Crippen molar-refractivity contribution in [3.05, 3.63) is 22.8 Å². The molecule has 0 saturated carbocycles. The largest absolute Gasteiger partial charge is 0.355 e. The number of nitrogens with two attached hydrogens (primary N) is 1. The number of thioether (sulfide) groups is 1. The average molecular weight is 260 g/mol. The van der Waals surface area contributed by atoms with Crippen LogP contribution in [-0.4, -0.2) is 30.1 Å². The van der Waals surface area contributed by atoms with Crippen LogP contribution in [0.15, 0.2) is 12.3 Å². The molecule has 0 radical (unpaired) electrons. The minimum atomic E-state index is 0.396. The molecule has 0 saturated heterocycles. The van der Waals surface area contributed by atoms with E-state index in [0.29, 0.717) is 17.6 Å². The Bertz CT molecular complexity index is 346. The smallest absolute Gasteiger partial charge is 0.147 e. The van der Waals surface area contributed by atoms with Gasteiger partial charge in [0.25, 0.3) is 0 Å². The van der Waals surface area contributed by atoms with Crippen LogP contribution in [0.5, 0.6) is 0 Å². The first-order valence-corrected chi connectivity index (χ1v) is 6.94.